The van der Waals surface area contributed by atoms with E-state index in [4.69, 9.17) is 0 Å². The molecule has 0 saturated heterocycles. The largest absolute Gasteiger partial charge is 0.433 e. The average Bonchev–Trinajstić information content (AvgIpc) is 2.05. The average molecular weight is 235 g/mol. The van der Waals surface area contributed by atoms with Crippen LogP contribution in [0.2, 0.25) is 0 Å². The van der Waals surface area contributed by atoms with E-state index < -0.39 is 16.4 Å². The molecule has 0 saturated carbocycles. The van der Waals surface area contributed by atoms with Crippen molar-refractivity contribution in [3.8, 4) is 5.75 Å². The van der Waals surface area contributed by atoms with E-state index in [0.29, 0.717) is 0 Å². The highest BCUT2D eigenvalue weighted by Gasteiger charge is 2.19. The molecule has 0 bridgehead atoms. The van der Waals surface area contributed by atoms with Gasteiger partial charge in [0.2, 0.25) is 0 Å². The van der Waals surface area contributed by atoms with Crippen molar-refractivity contribution in [2.75, 3.05) is 6.26 Å². The summed E-state index contributed by atoms with van der Waals surface area (Å²) < 4.78 is 50.7. The van der Waals surface area contributed by atoms with Crippen LogP contribution in [0.3, 0.4) is 0 Å². The third kappa shape index (κ3) is 2.89. The molecule has 1 rings (SSSR count). The van der Waals surface area contributed by atoms with Crippen LogP contribution < -0.4 is 4.74 Å². The smallest absolute Gasteiger partial charge is 0.387 e. The van der Waals surface area contributed by atoms with Crippen LogP contribution in [0.25, 0.3) is 0 Å². The van der Waals surface area contributed by atoms with Gasteiger partial charge in [0.25, 0.3) is 0 Å². The molecule has 0 unspecified atom stereocenters. The molecule has 0 fully saturated rings. The first-order chi connectivity index (χ1) is 6.82. The van der Waals surface area contributed by atoms with Gasteiger partial charge in [0.15, 0.2) is 9.84 Å². The summed E-state index contributed by atoms with van der Waals surface area (Å²) in [5, 5.41) is 0. The first-order valence-electron chi connectivity index (χ1n) is 3.98. The minimum absolute atomic E-state index is 0.234. The van der Waals surface area contributed by atoms with Crippen LogP contribution in [0.15, 0.2) is 17.0 Å². The molecule has 1 radical (unpaired) electrons. The summed E-state index contributed by atoms with van der Waals surface area (Å²) in [4.78, 5) is -0.251. The predicted molar refractivity (Wildman–Crippen MR) is 49.8 cm³/mol. The zero-order valence-corrected chi connectivity index (χ0v) is 8.94. The Balaban J connectivity index is 3.33. The topological polar surface area (TPSA) is 43.4 Å². The highest BCUT2D eigenvalue weighted by Crippen LogP contribution is 2.28. The second-order valence-electron chi connectivity index (χ2n) is 2.95. The SMILES string of the molecule is Cc1[c]ccc(S(C)(=O)=O)c1OC(F)F. The Morgan fingerprint density at radius 2 is 2.07 bits per heavy atom. The number of ether oxygens (including phenoxy) is 1. The number of alkyl halides is 2. The van der Waals surface area contributed by atoms with Crippen molar-refractivity contribution in [3.63, 3.8) is 0 Å². The van der Waals surface area contributed by atoms with Crippen LogP contribution in [0.4, 0.5) is 8.78 Å². The number of rotatable bonds is 3. The molecular formula is C9H9F2O3S. The van der Waals surface area contributed by atoms with Gasteiger partial charge in [-0.3, -0.25) is 0 Å². The van der Waals surface area contributed by atoms with Crippen LogP contribution in [-0.2, 0) is 9.84 Å². The van der Waals surface area contributed by atoms with E-state index in [1.807, 2.05) is 0 Å². The maximum Gasteiger partial charge on any atom is 0.387 e. The van der Waals surface area contributed by atoms with Crippen molar-refractivity contribution < 1.29 is 21.9 Å². The van der Waals surface area contributed by atoms with Gasteiger partial charge in [-0.15, -0.1) is 0 Å². The number of benzene rings is 1. The molecule has 3 nitrogen and oxygen atoms in total. The van der Waals surface area contributed by atoms with Gasteiger partial charge in [-0.2, -0.15) is 8.78 Å². The highest BCUT2D eigenvalue weighted by molar-refractivity contribution is 7.90. The lowest BCUT2D eigenvalue weighted by molar-refractivity contribution is -0.0522. The van der Waals surface area contributed by atoms with Gasteiger partial charge >= 0.3 is 6.61 Å². The molecule has 0 aliphatic carbocycles. The normalized spacial score (nSPS) is 11.8. The maximum absolute atomic E-state index is 12.0. The summed E-state index contributed by atoms with van der Waals surface area (Å²) in [6.45, 7) is -1.60. The number of hydrogen-bond acceptors (Lipinski definition) is 3. The minimum atomic E-state index is -3.58. The van der Waals surface area contributed by atoms with Crippen molar-refractivity contribution in [2.24, 2.45) is 0 Å². The zero-order valence-electron chi connectivity index (χ0n) is 8.12. The van der Waals surface area contributed by atoms with E-state index in [1.54, 1.807) is 0 Å². The highest BCUT2D eigenvalue weighted by atomic mass is 32.2. The molecule has 15 heavy (non-hydrogen) atoms. The van der Waals surface area contributed by atoms with E-state index in [-0.39, 0.29) is 16.2 Å². The summed E-state index contributed by atoms with van der Waals surface area (Å²) in [5.41, 5.74) is 0.234. The lowest BCUT2D eigenvalue weighted by Gasteiger charge is -2.11. The van der Waals surface area contributed by atoms with E-state index in [1.165, 1.54) is 19.1 Å². The summed E-state index contributed by atoms with van der Waals surface area (Å²) in [5.74, 6) is -0.338. The van der Waals surface area contributed by atoms with Gasteiger partial charge < -0.3 is 4.74 Å². The Kier molecular flexibility index (Phi) is 3.28. The summed E-state index contributed by atoms with van der Waals surface area (Å²) in [6, 6.07) is 5.13. The molecule has 1 aromatic carbocycles. The quantitative estimate of drug-likeness (QED) is 0.802. The van der Waals surface area contributed by atoms with Crippen LogP contribution >= 0.6 is 0 Å². The molecule has 83 valence electrons. The van der Waals surface area contributed by atoms with Crippen molar-refractivity contribution >= 4 is 9.84 Å². The molecule has 0 aliphatic heterocycles. The van der Waals surface area contributed by atoms with Crippen molar-refractivity contribution in [3.05, 3.63) is 23.8 Å². The van der Waals surface area contributed by atoms with Gasteiger partial charge in [-0.05, 0) is 19.1 Å². The second kappa shape index (κ2) is 4.14. The van der Waals surface area contributed by atoms with Gasteiger partial charge in [-0.1, -0.05) is 6.07 Å². The van der Waals surface area contributed by atoms with E-state index in [2.05, 4.69) is 10.8 Å². The van der Waals surface area contributed by atoms with E-state index >= 15 is 0 Å². The summed E-state index contributed by atoms with van der Waals surface area (Å²) in [7, 11) is -3.58. The molecule has 0 aliphatic rings. The zero-order chi connectivity index (χ0) is 11.6. The number of halogens is 2. The fourth-order valence-corrected chi connectivity index (χ4v) is 1.95. The Labute approximate surface area is 86.6 Å². The van der Waals surface area contributed by atoms with E-state index in [9.17, 15) is 17.2 Å². The summed E-state index contributed by atoms with van der Waals surface area (Å²) in [6.07, 6.45) is 0.931. The lowest BCUT2D eigenvalue weighted by Crippen LogP contribution is -2.08. The number of sulfone groups is 1. The van der Waals surface area contributed by atoms with Gasteiger partial charge in [0.05, 0.1) is 0 Å². The van der Waals surface area contributed by atoms with Crippen molar-refractivity contribution in [2.45, 2.75) is 18.4 Å². The van der Waals surface area contributed by atoms with Crippen LogP contribution in [0.5, 0.6) is 5.75 Å². The molecule has 0 heterocycles. The maximum atomic E-state index is 12.0. The van der Waals surface area contributed by atoms with Crippen LogP contribution in [0.1, 0.15) is 5.56 Å². The Morgan fingerprint density at radius 3 is 2.53 bits per heavy atom. The Bertz CT molecular complexity index is 454. The second-order valence-corrected chi connectivity index (χ2v) is 4.93. The van der Waals surface area contributed by atoms with Crippen molar-refractivity contribution in [1.82, 2.24) is 0 Å². The fraction of sp³-hybridized carbons (Fsp3) is 0.333. The number of hydrogen-bond donors (Lipinski definition) is 0. The molecule has 6 heteroatoms. The predicted octanol–water partition coefficient (Wildman–Crippen LogP) is 1.80. The molecular weight excluding hydrogens is 226 g/mol. The molecule has 0 atom stereocenters. The van der Waals surface area contributed by atoms with E-state index in [0.717, 1.165) is 6.26 Å². The Morgan fingerprint density at radius 1 is 1.47 bits per heavy atom. The first kappa shape index (κ1) is 11.9. The van der Waals surface area contributed by atoms with Crippen LogP contribution in [0, 0.1) is 13.0 Å². The fourth-order valence-electron chi connectivity index (χ4n) is 1.10. The minimum Gasteiger partial charge on any atom is -0.433 e. The van der Waals surface area contributed by atoms with Gasteiger partial charge in [0.1, 0.15) is 10.6 Å². The molecule has 0 N–H and O–H groups in total. The van der Waals surface area contributed by atoms with Gasteiger partial charge in [-0.25, -0.2) is 8.42 Å². The lowest BCUT2D eigenvalue weighted by atomic mass is 10.2. The van der Waals surface area contributed by atoms with Crippen molar-refractivity contribution in [1.29, 1.82) is 0 Å². The number of aryl methyl sites for hydroxylation is 1. The van der Waals surface area contributed by atoms with Crippen LogP contribution in [-0.4, -0.2) is 21.3 Å². The molecule has 1 aromatic rings. The Hall–Kier alpha value is -1.17. The van der Waals surface area contributed by atoms with Gasteiger partial charge in [0, 0.05) is 11.8 Å². The molecule has 0 amide bonds. The third-order valence-electron chi connectivity index (χ3n) is 1.71. The summed E-state index contributed by atoms with van der Waals surface area (Å²) >= 11 is 0. The first-order valence-corrected chi connectivity index (χ1v) is 5.87. The molecule has 0 aromatic heterocycles. The molecule has 0 spiro atoms. The monoisotopic (exact) mass is 235 g/mol. The third-order valence-corrected chi connectivity index (χ3v) is 2.83. The standard InChI is InChI=1S/C9H9F2O3S/c1-6-4-3-5-7(15(2,12)13)8(6)14-9(10)11/h3,5,9H,1-2H3.